The maximum atomic E-state index is 13.1. The summed E-state index contributed by atoms with van der Waals surface area (Å²) < 4.78 is 28.2. The van der Waals surface area contributed by atoms with Crippen molar-refractivity contribution in [2.24, 2.45) is 0 Å². The van der Waals surface area contributed by atoms with E-state index >= 15 is 0 Å². The Hall–Kier alpha value is -4.36. The lowest BCUT2D eigenvalue weighted by Crippen LogP contribution is -2.61. The lowest BCUT2D eigenvalue weighted by atomic mass is 9.98. The van der Waals surface area contributed by atoms with Crippen molar-refractivity contribution < 1.29 is 58.2 Å². The van der Waals surface area contributed by atoms with Crippen LogP contribution < -0.4 is 0 Å². The monoisotopic (exact) mass is 995 g/mol. The molecule has 6 atom stereocenters. The van der Waals surface area contributed by atoms with Gasteiger partial charge < -0.3 is 39.0 Å². The molecule has 0 saturated carbocycles. The quantitative estimate of drug-likeness (QED) is 0.0228. The summed E-state index contributed by atoms with van der Waals surface area (Å²) in [6.07, 6.45) is 48.4. The smallest absolute Gasteiger partial charge is 0.335 e. The van der Waals surface area contributed by atoms with Gasteiger partial charge in [0.2, 0.25) is 0 Å². The summed E-state index contributed by atoms with van der Waals surface area (Å²) in [7, 11) is 0. The Morgan fingerprint density at radius 1 is 0.493 bits per heavy atom. The number of aliphatic hydroxyl groups excluding tert-OH is 2. The molecule has 6 unspecified atom stereocenters. The van der Waals surface area contributed by atoms with E-state index in [0.717, 1.165) is 109 Å². The molecule has 0 bridgehead atoms. The molecule has 0 aromatic rings. The molecule has 0 spiro atoms. The molecule has 1 rings (SSSR count). The van der Waals surface area contributed by atoms with Crippen LogP contribution in [-0.2, 0) is 42.9 Å². The van der Waals surface area contributed by atoms with Crippen molar-refractivity contribution in [2.75, 3.05) is 13.2 Å². The molecule has 1 aliphatic heterocycles. The summed E-state index contributed by atoms with van der Waals surface area (Å²) in [5.41, 5.74) is 0. The predicted octanol–water partition coefficient (Wildman–Crippen LogP) is 13.3. The first-order chi connectivity index (χ1) is 34.6. The SMILES string of the molecule is CC/C=C\C/C=C\C/C=C\C/C=C\C/C=C\CC(=O)OCC(COC1OC(C(=O)O)C(O)C(O)C1OC(=O)CCCCCCC/C=C\C/C=C\CCCCC)OC(=O)CCCCCCC/C=C\CCCC. The minimum Gasteiger partial charge on any atom is -0.479 e. The Morgan fingerprint density at radius 2 is 0.944 bits per heavy atom. The van der Waals surface area contributed by atoms with Crippen LogP contribution >= 0.6 is 0 Å². The van der Waals surface area contributed by atoms with E-state index in [1.807, 2.05) is 12.2 Å². The minimum absolute atomic E-state index is 0.0214. The zero-order valence-electron chi connectivity index (χ0n) is 43.9. The molecule has 1 aliphatic rings. The van der Waals surface area contributed by atoms with Crippen molar-refractivity contribution >= 4 is 23.9 Å². The maximum Gasteiger partial charge on any atom is 0.335 e. The number of unbranched alkanes of at least 4 members (excludes halogenated alkanes) is 15. The van der Waals surface area contributed by atoms with Crippen LogP contribution in [0.3, 0.4) is 0 Å². The lowest BCUT2D eigenvalue weighted by Gasteiger charge is -2.40. The van der Waals surface area contributed by atoms with Crippen molar-refractivity contribution in [3.05, 3.63) is 97.2 Å². The second-order valence-electron chi connectivity index (χ2n) is 18.1. The molecular weight excluding hydrogens is 901 g/mol. The molecule has 0 amide bonds. The van der Waals surface area contributed by atoms with Crippen molar-refractivity contribution in [1.82, 2.24) is 0 Å². The first-order valence-corrected chi connectivity index (χ1v) is 27.2. The highest BCUT2D eigenvalue weighted by molar-refractivity contribution is 5.74. The van der Waals surface area contributed by atoms with Crippen molar-refractivity contribution in [3.8, 4) is 0 Å². The van der Waals surface area contributed by atoms with Crippen LogP contribution in [0.15, 0.2) is 97.2 Å². The van der Waals surface area contributed by atoms with Gasteiger partial charge in [-0.25, -0.2) is 4.79 Å². The van der Waals surface area contributed by atoms with Crippen LogP contribution in [0.1, 0.15) is 201 Å². The van der Waals surface area contributed by atoms with E-state index in [0.29, 0.717) is 19.3 Å². The summed E-state index contributed by atoms with van der Waals surface area (Å²) in [5, 5.41) is 31.4. The summed E-state index contributed by atoms with van der Waals surface area (Å²) in [6, 6.07) is 0. The third kappa shape index (κ3) is 37.1. The fourth-order valence-electron chi connectivity index (χ4n) is 7.45. The number of ether oxygens (including phenoxy) is 5. The van der Waals surface area contributed by atoms with Crippen molar-refractivity contribution in [1.29, 1.82) is 0 Å². The zero-order chi connectivity index (χ0) is 51.8. The Balaban J connectivity index is 2.78. The summed E-state index contributed by atoms with van der Waals surface area (Å²) >= 11 is 0. The van der Waals surface area contributed by atoms with Gasteiger partial charge in [-0.2, -0.15) is 0 Å². The number of hydrogen-bond acceptors (Lipinski definition) is 11. The number of aliphatic hydroxyl groups is 2. The van der Waals surface area contributed by atoms with Gasteiger partial charge in [-0.15, -0.1) is 0 Å². The Kier molecular flexibility index (Phi) is 42.5. The molecule has 1 fully saturated rings. The molecule has 0 aromatic heterocycles. The molecular formula is C59H94O12. The normalized spacial score (nSPS) is 19.3. The zero-order valence-corrected chi connectivity index (χ0v) is 43.9. The number of aliphatic carboxylic acids is 1. The largest absolute Gasteiger partial charge is 0.479 e. The molecule has 71 heavy (non-hydrogen) atoms. The fourth-order valence-corrected chi connectivity index (χ4v) is 7.45. The number of carboxylic acids is 1. The van der Waals surface area contributed by atoms with Gasteiger partial charge in [0, 0.05) is 12.8 Å². The van der Waals surface area contributed by atoms with E-state index in [1.165, 1.54) is 32.1 Å². The molecule has 402 valence electrons. The molecule has 0 aliphatic carbocycles. The van der Waals surface area contributed by atoms with Gasteiger partial charge in [-0.1, -0.05) is 182 Å². The van der Waals surface area contributed by atoms with E-state index in [-0.39, 0.29) is 25.9 Å². The number of carbonyl (C=O) groups excluding carboxylic acids is 3. The van der Waals surface area contributed by atoms with Crippen molar-refractivity contribution in [3.63, 3.8) is 0 Å². The minimum atomic E-state index is -1.92. The standard InChI is InChI=1S/C59H94O12/c1-4-7-10-13-16-19-22-24-26-28-31-33-36-39-42-45-51(60)67-48-50(69-52(61)46-43-40-37-34-30-21-18-15-12-9-6-3)49-68-59-57(55(64)54(63)56(71-59)58(65)66)70-53(62)47-44-41-38-35-32-29-27-25-23-20-17-14-11-8-5-2/h7,10,15-20,24-27,31,33,39,42,50,54-57,59,63-64H,4-6,8-9,11-14,21-23,28-30,32,34-38,40-41,43-49H2,1-3H3,(H,65,66)/b10-7-,18-15-,19-16-,20-17-,26-24-,27-25-,33-31-,42-39-. The number of hydrogen-bond donors (Lipinski definition) is 3. The van der Waals surface area contributed by atoms with Crippen LogP contribution in [0.25, 0.3) is 0 Å². The van der Waals surface area contributed by atoms with Crippen molar-refractivity contribution in [2.45, 2.75) is 237 Å². The average Bonchev–Trinajstić information content (AvgIpc) is 3.35. The number of esters is 3. The van der Waals surface area contributed by atoms with E-state index in [1.54, 1.807) is 6.08 Å². The average molecular weight is 995 g/mol. The second kappa shape index (κ2) is 46.7. The number of allylic oxidation sites excluding steroid dienone is 15. The summed E-state index contributed by atoms with van der Waals surface area (Å²) in [5.74, 6) is -3.33. The maximum absolute atomic E-state index is 13.1. The second-order valence-corrected chi connectivity index (χ2v) is 18.1. The van der Waals surface area contributed by atoms with Crippen LogP contribution in [0.4, 0.5) is 0 Å². The highest BCUT2D eigenvalue weighted by Crippen LogP contribution is 2.26. The van der Waals surface area contributed by atoms with Gasteiger partial charge in [0.05, 0.1) is 13.0 Å². The van der Waals surface area contributed by atoms with E-state index in [4.69, 9.17) is 23.7 Å². The summed E-state index contributed by atoms with van der Waals surface area (Å²) in [4.78, 5) is 50.8. The van der Waals surface area contributed by atoms with Gasteiger partial charge in [-0.05, 0) is 96.3 Å². The Morgan fingerprint density at radius 3 is 1.48 bits per heavy atom. The number of carbonyl (C=O) groups is 4. The lowest BCUT2D eigenvalue weighted by molar-refractivity contribution is -0.301. The number of carboxylic acid groups (broad SMARTS) is 1. The third-order valence-corrected chi connectivity index (χ3v) is 11.6. The first kappa shape index (κ1) is 64.7. The van der Waals surface area contributed by atoms with Crippen LogP contribution in [-0.4, -0.2) is 89.2 Å². The van der Waals surface area contributed by atoms with Crippen LogP contribution in [0.2, 0.25) is 0 Å². The van der Waals surface area contributed by atoms with Gasteiger partial charge in [0.15, 0.2) is 24.6 Å². The predicted molar refractivity (Wildman–Crippen MR) is 284 cm³/mol. The number of rotatable bonds is 44. The molecule has 12 nitrogen and oxygen atoms in total. The Labute approximate surface area is 428 Å². The highest BCUT2D eigenvalue weighted by Gasteiger charge is 2.50. The Bertz CT molecular complexity index is 1610. The fraction of sp³-hybridized carbons (Fsp3) is 0.661. The molecule has 12 heteroatoms. The van der Waals surface area contributed by atoms with Crippen LogP contribution in [0, 0.1) is 0 Å². The van der Waals surface area contributed by atoms with Gasteiger partial charge in [0.1, 0.15) is 18.8 Å². The molecule has 1 heterocycles. The first-order valence-electron chi connectivity index (χ1n) is 27.2. The topological polar surface area (TPSA) is 175 Å². The summed E-state index contributed by atoms with van der Waals surface area (Å²) in [6.45, 7) is 5.68. The van der Waals surface area contributed by atoms with Gasteiger partial charge in [0.25, 0.3) is 0 Å². The van der Waals surface area contributed by atoms with Gasteiger partial charge >= 0.3 is 23.9 Å². The molecule has 3 N–H and O–H groups in total. The van der Waals surface area contributed by atoms with Gasteiger partial charge in [-0.3, -0.25) is 14.4 Å². The third-order valence-electron chi connectivity index (χ3n) is 11.6. The van der Waals surface area contributed by atoms with E-state index in [2.05, 4.69) is 99.8 Å². The van der Waals surface area contributed by atoms with E-state index < -0.39 is 67.3 Å². The molecule has 0 radical (unpaired) electrons. The molecule has 1 saturated heterocycles. The molecule has 0 aromatic carbocycles. The van der Waals surface area contributed by atoms with Crippen LogP contribution in [0.5, 0.6) is 0 Å². The highest BCUT2D eigenvalue weighted by atomic mass is 16.7. The van der Waals surface area contributed by atoms with E-state index in [9.17, 15) is 34.5 Å².